The Hall–Kier alpha value is -2.94. The molecule has 0 saturated carbocycles. The first-order valence-electron chi connectivity index (χ1n) is 11.0. The molecule has 1 atom stereocenters. The Morgan fingerprint density at radius 3 is 2.47 bits per heavy atom. The van der Waals surface area contributed by atoms with Gasteiger partial charge in [0.25, 0.3) is 5.91 Å². The molecule has 2 aromatic carbocycles. The zero-order valence-corrected chi connectivity index (χ0v) is 21.0. The number of nitrogens with zero attached hydrogens (tertiary/aromatic N) is 1. The summed E-state index contributed by atoms with van der Waals surface area (Å²) < 4.78 is 43.1. The number of sulfone groups is 1. The van der Waals surface area contributed by atoms with Crippen LogP contribution in [0.25, 0.3) is 0 Å². The van der Waals surface area contributed by atoms with Crippen LogP contribution in [0.1, 0.15) is 49.9 Å². The smallest absolute Gasteiger partial charge is 0.251 e. The zero-order valence-electron chi connectivity index (χ0n) is 20.1. The molecule has 0 saturated heterocycles. The Bertz CT molecular complexity index is 1200. The number of methoxy groups -OCH3 is 1. The van der Waals surface area contributed by atoms with E-state index < -0.39 is 38.9 Å². The average molecular weight is 491 g/mol. The van der Waals surface area contributed by atoms with Gasteiger partial charge < -0.3 is 15.0 Å². The molecule has 0 aromatic heterocycles. The first-order valence-corrected chi connectivity index (χ1v) is 13.1. The molecule has 1 aliphatic rings. The largest absolute Gasteiger partial charge is 0.497 e. The second kappa shape index (κ2) is 9.74. The van der Waals surface area contributed by atoms with Crippen molar-refractivity contribution in [2.24, 2.45) is 0 Å². The predicted molar refractivity (Wildman–Crippen MR) is 129 cm³/mol. The lowest BCUT2D eigenvalue weighted by atomic mass is 9.86. The molecule has 0 spiro atoms. The number of ether oxygens (including phenoxy) is 1. The second-order valence-corrected chi connectivity index (χ2v) is 11.9. The first-order chi connectivity index (χ1) is 15.8. The van der Waals surface area contributed by atoms with Crippen molar-refractivity contribution in [3.05, 3.63) is 58.9 Å². The predicted octanol–water partition coefficient (Wildman–Crippen LogP) is 3.63. The van der Waals surface area contributed by atoms with Crippen LogP contribution in [0.4, 0.5) is 10.1 Å². The van der Waals surface area contributed by atoms with Crippen LogP contribution in [-0.4, -0.2) is 50.8 Å². The molecule has 0 bridgehead atoms. The number of rotatable bonds is 6. The summed E-state index contributed by atoms with van der Waals surface area (Å²) in [6, 6.07) is 8.83. The third-order valence-electron chi connectivity index (χ3n) is 5.88. The lowest BCUT2D eigenvalue weighted by Crippen LogP contribution is -2.45. The molecule has 2 aromatic rings. The van der Waals surface area contributed by atoms with Crippen LogP contribution in [0.5, 0.6) is 5.75 Å². The molecule has 7 nitrogen and oxygen atoms in total. The van der Waals surface area contributed by atoms with Crippen molar-refractivity contribution in [1.82, 2.24) is 4.90 Å². The van der Waals surface area contributed by atoms with Crippen molar-refractivity contribution in [2.45, 2.75) is 45.1 Å². The third kappa shape index (κ3) is 5.94. The molecule has 9 heteroatoms. The van der Waals surface area contributed by atoms with Crippen molar-refractivity contribution >= 4 is 27.3 Å². The highest BCUT2D eigenvalue weighted by molar-refractivity contribution is 7.90. The highest BCUT2D eigenvalue weighted by Crippen LogP contribution is 2.34. The summed E-state index contributed by atoms with van der Waals surface area (Å²) in [6.07, 6.45) is 1.34. The maximum atomic E-state index is 14.7. The van der Waals surface area contributed by atoms with Crippen LogP contribution in [0, 0.1) is 5.82 Å². The van der Waals surface area contributed by atoms with Gasteiger partial charge in [-0.3, -0.25) is 9.59 Å². The highest BCUT2D eigenvalue weighted by Gasteiger charge is 2.36. The lowest BCUT2D eigenvalue weighted by Gasteiger charge is -2.36. The third-order valence-corrected chi connectivity index (χ3v) is 6.82. The average Bonchev–Trinajstić information content (AvgIpc) is 2.74. The van der Waals surface area contributed by atoms with Gasteiger partial charge in [0, 0.05) is 24.9 Å². The lowest BCUT2D eigenvalue weighted by molar-refractivity contribution is -0.139. The summed E-state index contributed by atoms with van der Waals surface area (Å²) in [7, 11) is -1.79. The van der Waals surface area contributed by atoms with E-state index in [4.69, 9.17) is 4.74 Å². The summed E-state index contributed by atoms with van der Waals surface area (Å²) in [5, 5.41) is 2.74. The Kier molecular flexibility index (Phi) is 7.35. The molecule has 184 valence electrons. The minimum Gasteiger partial charge on any atom is -0.497 e. The van der Waals surface area contributed by atoms with Gasteiger partial charge >= 0.3 is 0 Å². The summed E-state index contributed by atoms with van der Waals surface area (Å²) in [5.74, 6) is -1.02. The first kappa shape index (κ1) is 25.7. The molecule has 0 radical (unpaired) electrons. The van der Waals surface area contributed by atoms with Crippen LogP contribution in [0.3, 0.4) is 0 Å². The molecular weight excluding hydrogens is 459 g/mol. The fourth-order valence-corrected chi connectivity index (χ4v) is 4.66. The second-order valence-electron chi connectivity index (χ2n) is 9.62. The number of hydrogen-bond acceptors (Lipinski definition) is 5. The van der Waals surface area contributed by atoms with Gasteiger partial charge in [-0.1, -0.05) is 32.9 Å². The number of anilines is 1. The van der Waals surface area contributed by atoms with Gasteiger partial charge in [0.2, 0.25) is 5.91 Å². The van der Waals surface area contributed by atoms with E-state index in [2.05, 4.69) is 5.32 Å². The fourth-order valence-electron chi connectivity index (χ4n) is 4.11. The monoisotopic (exact) mass is 490 g/mol. The van der Waals surface area contributed by atoms with E-state index in [0.717, 1.165) is 11.8 Å². The minimum absolute atomic E-state index is 0.219. The summed E-state index contributed by atoms with van der Waals surface area (Å²) in [5.41, 5.74) is 1.90. The highest BCUT2D eigenvalue weighted by atomic mass is 32.2. The molecule has 34 heavy (non-hydrogen) atoms. The van der Waals surface area contributed by atoms with Gasteiger partial charge in [-0.15, -0.1) is 0 Å². The quantitative estimate of drug-likeness (QED) is 0.668. The van der Waals surface area contributed by atoms with E-state index in [1.807, 2.05) is 26.8 Å². The zero-order chi connectivity index (χ0) is 25.3. The summed E-state index contributed by atoms with van der Waals surface area (Å²) in [4.78, 5) is 27.8. The summed E-state index contributed by atoms with van der Waals surface area (Å²) >= 11 is 0. The van der Waals surface area contributed by atoms with Crippen LogP contribution in [0.2, 0.25) is 0 Å². The van der Waals surface area contributed by atoms with Crippen molar-refractivity contribution in [3.63, 3.8) is 0 Å². The van der Waals surface area contributed by atoms with Gasteiger partial charge in [-0.25, -0.2) is 12.8 Å². The van der Waals surface area contributed by atoms with E-state index in [-0.39, 0.29) is 24.4 Å². The van der Waals surface area contributed by atoms with Gasteiger partial charge in [0.05, 0.1) is 12.9 Å². The van der Waals surface area contributed by atoms with Gasteiger partial charge in [-0.2, -0.15) is 0 Å². The Morgan fingerprint density at radius 1 is 1.18 bits per heavy atom. The summed E-state index contributed by atoms with van der Waals surface area (Å²) in [6.45, 7) is 5.95. The number of carbonyl (C=O) groups excluding carboxylic acids is 2. The number of hydrogen-bond donors (Lipinski definition) is 1. The molecular formula is C25H31FN2O5S. The molecule has 3 rings (SSSR count). The molecule has 0 fully saturated rings. The van der Waals surface area contributed by atoms with Crippen molar-refractivity contribution < 1.29 is 27.1 Å². The topological polar surface area (TPSA) is 92.8 Å². The van der Waals surface area contributed by atoms with E-state index in [1.54, 1.807) is 31.4 Å². The van der Waals surface area contributed by atoms with E-state index in [9.17, 15) is 22.4 Å². The number of benzene rings is 2. The van der Waals surface area contributed by atoms with Crippen LogP contribution >= 0.6 is 0 Å². The van der Waals surface area contributed by atoms with Crippen molar-refractivity contribution in [1.29, 1.82) is 0 Å². The van der Waals surface area contributed by atoms with Crippen LogP contribution in [0.15, 0.2) is 36.4 Å². The normalized spacial score (nSPS) is 16.1. The molecule has 1 aliphatic heterocycles. The molecule has 1 unspecified atom stereocenters. The molecule has 1 heterocycles. The number of amides is 2. The van der Waals surface area contributed by atoms with Gasteiger partial charge in [-0.05, 0) is 52.8 Å². The number of halogens is 1. The SMILES string of the molecule is COc1ccc2c(c1)CCN(C(=O)CCS(C)(=O)=O)C2C(=O)Nc1ccc(C(C)(C)C)c(F)c1. The molecule has 0 aliphatic carbocycles. The standard InChI is InChI=1S/C25H31FN2O5S/c1-25(2,3)20-9-6-17(15-21(20)26)27-24(30)23-19-8-7-18(33-4)14-16(19)10-12-28(23)22(29)11-13-34(5,31)32/h6-9,14-15,23H,10-13H2,1-5H3,(H,27,30). The Labute approximate surface area is 200 Å². The number of nitrogens with one attached hydrogen (secondary N) is 1. The van der Waals surface area contributed by atoms with Crippen LogP contribution < -0.4 is 10.1 Å². The van der Waals surface area contributed by atoms with Gasteiger partial charge in [0.1, 0.15) is 27.4 Å². The number of fused-ring (bicyclic) bond motifs is 1. The maximum absolute atomic E-state index is 14.7. The number of carbonyl (C=O) groups is 2. The van der Waals surface area contributed by atoms with E-state index in [1.165, 1.54) is 11.0 Å². The minimum atomic E-state index is -3.34. The van der Waals surface area contributed by atoms with Crippen molar-refractivity contribution in [3.8, 4) is 5.75 Å². The fraction of sp³-hybridized carbons (Fsp3) is 0.440. The van der Waals surface area contributed by atoms with E-state index >= 15 is 0 Å². The van der Waals surface area contributed by atoms with Crippen molar-refractivity contribution in [2.75, 3.05) is 31.0 Å². The van der Waals surface area contributed by atoms with Crippen LogP contribution in [-0.2, 0) is 31.3 Å². The Morgan fingerprint density at radius 2 is 1.88 bits per heavy atom. The van der Waals surface area contributed by atoms with E-state index in [0.29, 0.717) is 23.3 Å². The van der Waals surface area contributed by atoms with Gasteiger partial charge in [0.15, 0.2) is 0 Å². The maximum Gasteiger partial charge on any atom is 0.251 e. The Balaban J connectivity index is 1.93. The molecule has 2 amide bonds. The molecule has 1 N–H and O–H groups in total.